The van der Waals surface area contributed by atoms with Crippen molar-refractivity contribution in [3.63, 3.8) is 0 Å². The van der Waals surface area contributed by atoms with Crippen molar-refractivity contribution in [3.8, 4) is 11.8 Å². The number of ether oxygens (including phenoxy) is 1. The van der Waals surface area contributed by atoms with Gasteiger partial charge in [-0.15, -0.1) is 0 Å². The van der Waals surface area contributed by atoms with Crippen LogP contribution in [0.3, 0.4) is 0 Å². The van der Waals surface area contributed by atoms with E-state index in [1.54, 1.807) is 22.9 Å². The molecule has 0 saturated carbocycles. The molecule has 0 spiro atoms. The van der Waals surface area contributed by atoms with E-state index in [1.165, 1.54) is 6.08 Å². The third kappa shape index (κ3) is 3.78. The number of likely N-dealkylation sites (tertiary alicyclic amines) is 1. The molecule has 2 atom stereocenters. The van der Waals surface area contributed by atoms with Gasteiger partial charge in [-0.2, -0.15) is 10.2 Å². The fourth-order valence-electron chi connectivity index (χ4n) is 4.64. The largest absolute Gasteiger partial charge is 0.383 e. The van der Waals surface area contributed by atoms with Crippen molar-refractivity contribution in [2.45, 2.75) is 18.5 Å². The number of carbonyl (C=O) groups excluding carboxylic acids is 1. The molecule has 0 radical (unpaired) electrons. The molecule has 1 aliphatic heterocycles. The second-order valence-corrected chi connectivity index (χ2v) is 8.40. The smallest absolute Gasteiger partial charge is 0.246 e. The second-order valence-electron chi connectivity index (χ2n) is 8.40. The van der Waals surface area contributed by atoms with Gasteiger partial charge in [-0.1, -0.05) is 12.5 Å². The Morgan fingerprint density at radius 2 is 2.18 bits per heavy atom. The van der Waals surface area contributed by atoms with Crippen molar-refractivity contribution >= 4 is 33.5 Å². The number of nitrogen functional groups attached to an aromatic ring is 1. The highest BCUT2D eigenvalue weighted by atomic mass is 16.5. The number of hydrogen-bond donors (Lipinski definition) is 1. The van der Waals surface area contributed by atoms with Crippen LogP contribution in [0.1, 0.15) is 23.7 Å². The number of benzene rings is 1. The summed E-state index contributed by atoms with van der Waals surface area (Å²) in [7, 11) is 3.53. The molecule has 0 bridgehead atoms. The zero-order valence-electron chi connectivity index (χ0n) is 19.1. The van der Waals surface area contributed by atoms with Crippen molar-refractivity contribution in [1.82, 2.24) is 29.4 Å². The lowest BCUT2D eigenvalue weighted by atomic mass is 10.1. The maximum absolute atomic E-state index is 12.4. The Balaban J connectivity index is 1.54. The van der Waals surface area contributed by atoms with Crippen LogP contribution in [0.2, 0.25) is 0 Å². The first kappa shape index (κ1) is 21.7. The average molecular weight is 456 g/mol. The highest BCUT2D eigenvalue weighted by Crippen LogP contribution is 2.32. The van der Waals surface area contributed by atoms with Crippen molar-refractivity contribution in [1.29, 1.82) is 0 Å². The zero-order chi connectivity index (χ0) is 23.8. The van der Waals surface area contributed by atoms with Crippen LogP contribution in [0.25, 0.3) is 21.8 Å². The first-order valence-electron chi connectivity index (χ1n) is 11.0. The number of rotatable bonds is 4. The van der Waals surface area contributed by atoms with Gasteiger partial charge in [0, 0.05) is 44.0 Å². The third-order valence-corrected chi connectivity index (χ3v) is 6.15. The minimum atomic E-state index is -0.118. The van der Waals surface area contributed by atoms with Crippen LogP contribution < -0.4 is 5.73 Å². The lowest BCUT2D eigenvalue weighted by Gasteiger charge is -2.22. The molecule has 0 aliphatic carbocycles. The van der Waals surface area contributed by atoms with Gasteiger partial charge in [-0.05, 0) is 42.7 Å². The minimum Gasteiger partial charge on any atom is -0.383 e. The summed E-state index contributed by atoms with van der Waals surface area (Å²) in [5.41, 5.74) is 9.42. The number of carbonyl (C=O) groups is 1. The number of fused-ring (bicyclic) bond motifs is 2. The number of nitrogens with two attached hydrogens (primary N) is 1. The SMILES string of the molecule is C=CC(=O)N1C[C@@H](n2nc(C#Cc3ccc4nn(C)cc4c3)c3c(N)nccc32)C[C@@H]1COC. The summed E-state index contributed by atoms with van der Waals surface area (Å²) in [6.07, 6.45) is 5.66. The van der Waals surface area contributed by atoms with Gasteiger partial charge >= 0.3 is 0 Å². The molecule has 1 aromatic carbocycles. The average Bonchev–Trinajstić information content (AvgIpc) is 3.51. The van der Waals surface area contributed by atoms with E-state index in [0.29, 0.717) is 36.5 Å². The predicted octanol–water partition coefficient (Wildman–Crippen LogP) is 2.27. The van der Waals surface area contributed by atoms with E-state index in [0.717, 1.165) is 22.0 Å². The van der Waals surface area contributed by atoms with Crippen molar-refractivity contribution in [3.05, 3.63) is 60.6 Å². The predicted molar refractivity (Wildman–Crippen MR) is 130 cm³/mol. The van der Waals surface area contributed by atoms with Gasteiger partial charge < -0.3 is 15.4 Å². The molecular formula is C25H25N7O2. The fourth-order valence-corrected chi connectivity index (χ4v) is 4.64. The highest BCUT2D eigenvalue weighted by molar-refractivity contribution is 5.93. The maximum Gasteiger partial charge on any atom is 0.246 e. The summed E-state index contributed by atoms with van der Waals surface area (Å²) in [5, 5.41) is 11.0. The Labute approximate surface area is 196 Å². The molecule has 4 aromatic rings. The number of aromatic nitrogens is 5. The minimum absolute atomic E-state index is 0.0457. The van der Waals surface area contributed by atoms with E-state index in [-0.39, 0.29) is 18.0 Å². The molecule has 1 aliphatic rings. The molecule has 4 heterocycles. The van der Waals surface area contributed by atoms with E-state index >= 15 is 0 Å². The summed E-state index contributed by atoms with van der Waals surface area (Å²) in [6.45, 7) is 4.58. The van der Waals surface area contributed by atoms with Crippen LogP contribution >= 0.6 is 0 Å². The van der Waals surface area contributed by atoms with E-state index in [2.05, 4.69) is 28.5 Å². The van der Waals surface area contributed by atoms with Crippen molar-refractivity contribution in [2.75, 3.05) is 26.0 Å². The second kappa shape index (κ2) is 8.65. The third-order valence-electron chi connectivity index (χ3n) is 6.15. The van der Waals surface area contributed by atoms with Crippen LogP contribution in [-0.2, 0) is 16.6 Å². The summed E-state index contributed by atoms with van der Waals surface area (Å²) in [4.78, 5) is 18.5. The molecule has 1 saturated heterocycles. The summed E-state index contributed by atoms with van der Waals surface area (Å²) < 4.78 is 9.05. The van der Waals surface area contributed by atoms with Gasteiger partial charge in [-0.3, -0.25) is 14.2 Å². The first-order chi connectivity index (χ1) is 16.5. The molecule has 5 rings (SSSR count). The number of nitrogens with zero attached hydrogens (tertiary/aromatic N) is 6. The van der Waals surface area contributed by atoms with Gasteiger partial charge in [0.25, 0.3) is 0 Å². The Bertz CT molecular complexity index is 1470. The van der Waals surface area contributed by atoms with Gasteiger partial charge in [0.2, 0.25) is 5.91 Å². The van der Waals surface area contributed by atoms with Gasteiger partial charge in [0.1, 0.15) is 11.5 Å². The fraction of sp³-hybridized carbons (Fsp3) is 0.280. The zero-order valence-corrected chi connectivity index (χ0v) is 19.1. The van der Waals surface area contributed by atoms with Crippen LogP contribution in [0.15, 0.2) is 49.3 Å². The normalized spacial score (nSPS) is 17.8. The van der Waals surface area contributed by atoms with E-state index in [4.69, 9.17) is 15.6 Å². The monoisotopic (exact) mass is 455 g/mol. The molecule has 1 amide bonds. The molecule has 2 N–H and O–H groups in total. The maximum atomic E-state index is 12.4. The molecule has 0 unspecified atom stereocenters. The van der Waals surface area contributed by atoms with Crippen molar-refractivity contribution in [2.24, 2.45) is 7.05 Å². The molecule has 3 aromatic heterocycles. The van der Waals surface area contributed by atoms with Crippen LogP contribution in [0.5, 0.6) is 0 Å². The molecule has 172 valence electrons. The number of methoxy groups -OCH3 is 1. The summed E-state index contributed by atoms with van der Waals surface area (Å²) in [6, 6.07) is 7.67. The molecule has 1 fully saturated rings. The molecule has 9 heteroatoms. The van der Waals surface area contributed by atoms with Crippen LogP contribution in [0.4, 0.5) is 5.82 Å². The van der Waals surface area contributed by atoms with Gasteiger partial charge in [0.15, 0.2) is 0 Å². The molecular weight excluding hydrogens is 430 g/mol. The van der Waals surface area contributed by atoms with Gasteiger partial charge in [0.05, 0.1) is 35.1 Å². The Kier molecular flexibility index (Phi) is 5.51. The van der Waals surface area contributed by atoms with Crippen molar-refractivity contribution < 1.29 is 9.53 Å². The Hall–Kier alpha value is -4.16. The first-order valence-corrected chi connectivity index (χ1v) is 11.0. The number of amides is 1. The standard InChI is InChI=1S/C25H25N7O2/c1-4-23(33)31-14-18(12-19(31)15-34-3)32-22-9-10-27-25(26)24(22)21(29-32)8-6-16-5-7-20-17(11-16)13-30(2)28-20/h4-5,7,9-11,13,18-19H,1,12,14-15H2,2-3H3,(H2,26,27)/t18-,19+/m0/s1. The highest BCUT2D eigenvalue weighted by Gasteiger charge is 2.36. The number of pyridine rings is 1. The summed E-state index contributed by atoms with van der Waals surface area (Å²) >= 11 is 0. The van der Waals surface area contributed by atoms with E-state index < -0.39 is 0 Å². The Morgan fingerprint density at radius 1 is 1.32 bits per heavy atom. The molecule has 9 nitrogen and oxygen atoms in total. The lowest BCUT2D eigenvalue weighted by Crippen LogP contribution is -2.37. The quantitative estimate of drug-likeness (QED) is 0.374. The van der Waals surface area contributed by atoms with E-state index in [9.17, 15) is 4.79 Å². The van der Waals surface area contributed by atoms with Gasteiger partial charge in [-0.25, -0.2) is 4.98 Å². The number of hydrogen-bond acceptors (Lipinski definition) is 6. The topological polar surface area (TPSA) is 104 Å². The number of anilines is 1. The molecule has 34 heavy (non-hydrogen) atoms. The number of aryl methyl sites for hydroxylation is 1. The van der Waals surface area contributed by atoms with E-state index in [1.807, 2.05) is 42.2 Å². The van der Waals surface area contributed by atoms with Crippen LogP contribution in [-0.4, -0.2) is 61.7 Å². The Morgan fingerprint density at radius 3 is 2.97 bits per heavy atom. The van der Waals surface area contributed by atoms with Crippen LogP contribution in [0, 0.1) is 11.8 Å². The summed E-state index contributed by atoms with van der Waals surface area (Å²) in [5.74, 6) is 6.66. The lowest BCUT2D eigenvalue weighted by molar-refractivity contribution is -0.127.